The molecule has 0 aliphatic carbocycles. The Bertz CT molecular complexity index is 588. The van der Waals surface area contributed by atoms with Crippen LogP contribution in [0.5, 0.6) is 0 Å². The molecule has 0 fully saturated rings. The van der Waals surface area contributed by atoms with Gasteiger partial charge < -0.3 is 5.73 Å². The molecule has 1 heterocycles. The van der Waals surface area contributed by atoms with Crippen LogP contribution in [0, 0.1) is 11.6 Å². The van der Waals surface area contributed by atoms with E-state index in [1.165, 1.54) is 23.9 Å². The van der Waals surface area contributed by atoms with E-state index >= 15 is 0 Å². The lowest BCUT2D eigenvalue weighted by Gasteiger charge is -2.21. The summed E-state index contributed by atoms with van der Waals surface area (Å²) in [5.41, 5.74) is 6.16. The molecule has 2 unspecified atom stereocenters. The Morgan fingerprint density at radius 1 is 1.30 bits per heavy atom. The van der Waals surface area contributed by atoms with Crippen molar-refractivity contribution >= 4 is 39.0 Å². The van der Waals surface area contributed by atoms with E-state index in [0.717, 1.165) is 21.2 Å². The third-order valence-corrected chi connectivity index (χ3v) is 6.18. The smallest absolute Gasteiger partial charge is 0.139 e. The van der Waals surface area contributed by atoms with Crippen molar-refractivity contribution in [3.05, 3.63) is 50.6 Å². The van der Waals surface area contributed by atoms with Crippen LogP contribution < -0.4 is 5.73 Å². The average molecular weight is 378 g/mol. The molecule has 2 aromatic rings. The molecule has 0 saturated heterocycles. The van der Waals surface area contributed by atoms with Gasteiger partial charge in [0.2, 0.25) is 0 Å². The van der Waals surface area contributed by atoms with Gasteiger partial charge in [0.1, 0.15) is 11.6 Å². The number of benzene rings is 1. The van der Waals surface area contributed by atoms with Crippen molar-refractivity contribution in [2.45, 2.75) is 29.5 Å². The summed E-state index contributed by atoms with van der Waals surface area (Å²) >= 11 is 6.36. The number of hydrogen-bond acceptors (Lipinski definition) is 3. The van der Waals surface area contributed by atoms with Gasteiger partial charge in [-0.2, -0.15) is 0 Å². The summed E-state index contributed by atoms with van der Waals surface area (Å²) in [5, 5.41) is -0.0451. The first kappa shape index (κ1) is 15.9. The third kappa shape index (κ3) is 3.81. The number of thioether (sulfide) groups is 1. The molecular weight excluding hydrogens is 364 g/mol. The fourth-order valence-corrected chi connectivity index (χ4v) is 4.68. The van der Waals surface area contributed by atoms with Gasteiger partial charge in [-0.05, 0) is 46.6 Å². The summed E-state index contributed by atoms with van der Waals surface area (Å²) in [6.45, 7) is 2.00. The largest absolute Gasteiger partial charge is 0.326 e. The van der Waals surface area contributed by atoms with Crippen molar-refractivity contribution in [3.8, 4) is 0 Å². The normalized spacial score (nSPS) is 14.2. The molecule has 0 radical (unpaired) electrons. The van der Waals surface area contributed by atoms with E-state index in [2.05, 4.69) is 15.9 Å². The van der Waals surface area contributed by atoms with E-state index in [0.29, 0.717) is 4.90 Å². The molecule has 1 nitrogen and oxygen atoms in total. The Morgan fingerprint density at radius 2 is 2.05 bits per heavy atom. The zero-order chi connectivity index (χ0) is 14.7. The van der Waals surface area contributed by atoms with Crippen LogP contribution in [-0.2, 0) is 0 Å². The first-order chi connectivity index (χ1) is 9.51. The fourth-order valence-electron chi connectivity index (χ4n) is 1.76. The molecule has 0 bridgehead atoms. The van der Waals surface area contributed by atoms with Crippen LogP contribution in [0.25, 0.3) is 0 Å². The van der Waals surface area contributed by atoms with E-state index in [4.69, 9.17) is 5.73 Å². The molecular formula is C14H14BrF2NS2. The van der Waals surface area contributed by atoms with Gasteiger partial charge in [0.15, 0.2) is 0 Å². The SMILES string of the molecule is CCC(N)C(Sc1ccc(F)cc1F)c1ccc(Br)s1. The van der Waals surface area contributed by atoms with Gasteiger partial charge in [-0.3, -0.25) is 0 Å². The zero-order valence-electron chi connectivity index (χ0n) is 10.8. The van der Waals surface area contributed by atoms with Gasteiger partial charge in [0, 0.05) is 21.9 Å². The monoisotopic (exact) mass is 377 g/mol. The van der Waals surface area contributed by atoms with Crippen molar-refractivity contribution in [2.24, 2.45) is 5.73 Å². The lowest BCUT2D eigenvalue weighted by atomic mass is 10.1. The summed E-state index contributed by atoms with van der Waals surface area (Å²) in [7, 11) is 0. The Morgan fingerprint density at radius 3 is 2.60 bits per heavy atom. The topological polar surface area (TPSA) is 26.0 Å². The van der Waals surface area contributed by atoms with E-state index in [1.54, 1.807) is 11.3 Å². The Balaban J connectivity index is 2.28. The van der Waals surface area contributed by atoms with Crippen LogP contribution in [0.2, 0.25) is 0 Å². The van der Waals surface area contributed by atoms with Crippen LogP contribution in [0.15, 0.2) is 39.0 Å². The highest BCUT2D eigenvalue weighted by Crippen LogP contribution is 2.42. The Hall–Kier alpha value is -0.430. The number of rotatable bonds is 5. The number of hydrogen-bond donors (Lipinski definition) is 1. The first-order valence-electron chi connectivity index (χ1n) is 6.13. The second-order valence-electron chi connectivity index (χ2n) is 4.33. The second kappa shape index (κ2) is 7.02. The minimum Gasteiger partial charge on any atom is -0.326 e. The van der Waals surface area contributed by atoms with Crippen molar-refractivity contribution in [1.82, 2.24) is 0 Å². The molecule has 0 aliphatic rings. The van der Waals surface area contributed by atoms with Gasteiger partial charge in [-0.25, -0.2) is 8.78 Å². The van der Waals surface area contributed by atoms with Gasteiger partial charge in [0.25, 0.3) is 0 Å². The lowest BCUT2D eigenvalue weighted by molar-refractivity contribution is 0.564. The van der Waals surface area contributed by atoms with E-state index in [-0.39, 0.29) is 11.3 Å². The molecule has 2 rings (SSSR count). The summed E-state index contributed by atoms with van der Waals surface area (Å²) in [4.78, 5) is 1.50. The lowest BCUT2D eigenvalue weighted by Crippen LogP contribution is -2.25. The van der Waals surface area contributed by atoms with Crippen molar-refractivity contribution in [1.29, 1.82) is 0 Å². The van der Waals surface area contributed by atoms with Crippen molar-refractivity contribution in [2.75, 3.05) is 0 Å². The molecule has 2 N–H and O–H groups in total. The highest BCUT2D eigenvalue weighted by molar-refractivity contribution is 9.11. The molecule has 6 heteroatoms. The minimum absolute atomic E-state index is 0.0451. The van der Waals surface area contributed by atoms with Crippen LogP contribution in [0.4, 0.5) is 8.78 Å². The molecule has 0 spiro atoms. The Labute approximate surface area is 133 Å². The molecule has 2 atom stereocenters. The summed E-state index contributed by atoms with van der Waals surface area (Å²) < 4.78 is 27.8. The highest BCUT2D eigenvalue weighted by Gasteiger charge is 2.23. The van der Waals surface area contributed by atoms with Gasteiger partial charge >= 0.3 is 0 Å². The van der Waals surface area contributed by atoms with Crippen molar-refractivity contribution in [3.63, 3.8) is 0 Å². The molecule has 20 heavy (non-hydrogen) atoms. The summed E-state index contributed by atoms with van der Waals surface area (Å²) in [6, 6.07) is 7.49. The third-order valence-electron chi connectivity index (χ3n) is 2.88. The molecule has 108 valence electrons. The number of thiophene rings is 1. The molecule has 0 saturated carbocycles. The van der Waals surface area contributed by atoms with Crippen LogP contribution >= 0.6 is 39.0 Å². The quantitative estimate of drug-likeness (QED) is 0.709. The van der Waals surface area contributed by atoms with E-state index in [1.807, 2.05) is 19.1 Å². The van der Waals surface area contributed by atoms with E-state index < -0.39 is 11.6 Å². The fraction of sp³-hybridized carbons (Fsp3) is 0.286. The minimum atomic E-state index is -0.568. The second-order valence-corrected chi connectivity index (χ2v) is 8.01. The summed E-state index contributed by atoms with van der Waals surface area (Å²) in [6.07, 6.45) is 0.788. The molecule has 1 aromatic carbocycles. The molecule has 0 amide bonds. The van der Waals surface area contributed by atoms with Gasteiger partial charge in [-0.1, -0.05) is 6.92 Å². The van der Waals surface area contributed by atoms with Gasteiger partial charge in [0.05, 0.1) is 9.04 Å². The molecule has 0 aliphatic heterocycles. The summed E-state index contributed by atoms with van der Waals surface area (Å²) in [5.74, 6) is -1.11. The zero-order valence-corrected chi connectivity index (χ0v) is 14.0. The maximum Gasteiger partial charge on any atom is 0.139 e. The standard InChI is InChI=1S/C14H14BrF2NS2/c1-2-10(18)14(12-5-6-13(15)19-12)20-11-4-3-8(16)7-9(11)17/h3-7,10,14H,2,18H2,1H3. The number of halogens is 3. The van der Waals surface area contributed by atoms with Crippen LogP contribution in [0.1, 0.15) is 23.5 Å². The highest BCUT2D eigenvalue weighted by atomic mass is 79.9. The van der Waals surface area contributed by atoms with Crippen LogP contribution in [0.3, 0.4) is 0 Å². The maximum absolute atomic E-state index is 13.8. The van der Waals surface area contributed by atoms with E-state index in [9.17, 15) is 8.78 Å². The Kier molecular flexibility index (Phi) is 5.60. The maximum atomic E-state index is 13.8. The average Bonchev–Trinajstić information content (AvgIpc) is 2.83. The predicted molar refractivity (Wildman–Crippen MR) is 85.2 cm³/mol. The van der Waals surface area contributed by atoms with Crippen LogP contribution in [-0.4, -0.2) is 6.04 Å². The van der Waals surface area contributed by atoms with Gasteiger partial charge in [-0.15, -0.1) is 23.1 Å². The molecule has 1 aromatic heterocycles. The van der Waals surface area contributed by atoms with Crippen molar-refractivity contribution < 1.29 is 8.78 Å². The number of nitrogens with two attached hydrogens (primary N) is 1. The first-order valence-corrected chi connectivity index (χ1v) is 8.62. The predicted octanol–water partition coefficient (Wildman–Crippen LogP) is 5.36.